The molecule has 1 aliphatic rings. The van der Waals surface area contributed by atoms with Crippen LogP contribution in [-0.4, -0.2) is 32.6 Å². The zero-order valence-electron chi connectivity index (χ0n) is 12.8. The smallest absolute Gasteiger partial charge is 0.269 e. The van der Waals surface area contributed by atoms with Gasteiger partial charge < -0.3 is 14.8 Å². The summed E-state index contributed by atoms with van der Waals surface area (Å²) in [5.74, 6) is 0. The van der Waals surface area contributed by atoms with Crippen LogP contribution in [0.5, 0.6) is 0 Å². The van der Waals surface area contributed by atoms with Gasteiger partial charge in [-0.15, -0.1) is 0 Å². The van der Waals surface area contributed by atoms with Crippen molar-refractivity contribution in [3.8, 4) is 0 Å². The van der Waals surface area contributed by atoms with E-state index in [1.807, 2.05) is 31.3 Å². The molecule has 0 bridgehead atoms. The first-order valence-corrected chi connectivity index (χ1v) is 7.96. The predicted octanol–water partition coefficient (Wildman–Crippen LogP) is 2.70. The second-order valence-corrected chi connectivity index (χ2v) is 5.80. The first-order valence-electron chi connectivity index (χ1n) is 7.55. The van der Waals surface area contributed by atoms with Crippen molar-refractivity contribution in [2.75, 3.05) is 13.1 Å². The van der Waals surface area contributed by atoms with Crippen LogP contribution in [0.3, 0.4) is 0 Å². The highest BCUT2D eigenvalue weighted by Crippen LogP contribution is 2.33. The van der Waals surface area contributed by atoms with Crippen molar-refractivity contribution in [3.05, 3.63) is 64.0 Å². The van der Waals surface area contributed by atoms with E-state index in [-0.39, 0.29) is 16.7 Å². The van der Waals surface area contributed by atoms with E-state index < -0.39 is 0 Å². The van der Waals surface area contributed by atoms with E-state index >= 15 is 0 Å². The van der Waals surface area contributed by atoms with Crippen LogP contribution < -0.4 is 5.32 Å². The average molecular weight is 330 g/mol. The normalized spacial score (nSPS) is 16.7. The van der Waals surface area contributed by atoms with Crippen LogP contribution in [0.1, 0.15) is 24.2 Å². The number of nitro benzene ring substituents is 1. The Morgan fingerprint density at radius 3 is 2.96 bits per heavy atom. The summed E-state index contributed by atoms with van der Waals surface area (Å²) in [6.45, 7) is 4.36. The number of hydrogen-bond donors (Lipinski definition) is 1. The fourth-order valence-electron chi connectivity index (χ4n) is 3.01. The van der Waals surface area contributed by atoms with Gasteiger partial charge in [0.25, 0.3) is 5.69 Å². The number of nitrogens with zero attached hydrogens (tertiary/aromatic N) is 3. The molecule has 0 fully saturated rings. The van der Waals surface area contributed by atoms with E-state index in [2.05, 4.69) is 14.8 Å². The third-order valence-corrected chi connectivity index (χ3v) is 4.40. The predicted molar refractivity (Wildman–Crippen MR) is 92.4 cm³/mol. The summed E-state index contributed by atoms with van der Waals surface area (Å²) in [7, 11) is 0. The molecule has 1 atom stereocenters. The highest BCUT2D eigenvalue weighted by molar-refractivity contribution is 7.80. The maximum Gasteiger partial charge on any atom is 0.269 e. The molecule has 0 radical (unpaired) electrons. The molecule has 1 unspecified atom stereocenters. The van der Waals surface area contributed by atoms with E-state index in [1.54, 1.807) is 12.1 Å². The van der Waals surface area contributed by atoms with Crippen molar-refractivity contribution in [2.45, 2.75) is 19.5 Å². The SMILES string of the molecule is CCNC(=S)N1CCn2cccc2C1c1cccc([N+](=O)[O-])c1. The fraction of sp³-hybridized carbons (Fsp3) is 0.312. The van der Waals surface area contributed by atoms with Crippen LogP contribution in [0.4, 0.5) is 5.69 Å². The molecule has 2 aromatic rings. The lowest BCUT2D eigenvalue weighted by Gasteiger charge is -2.39. The molecule has 1 aromatic heterocycles. The van der Waals surface area contributed by atoms with E-state index in [0.29, 0.717) is 5.11 Å². The maximum atomic E-state index is 11.1. The number of non-ortho nitro benzene ring substituents is 1. The van der Waals surface area contributed by atoms with Gasteiger partial charge in [-0.1, -0.05) is 12.1 Å². The molecule has 0 saturated heterocycles. The molecule has 1 aromatic carbocycles. The van der Waals surface area contributed by atoms with Crippen molar-refractivity contribution in [1.82, 2.24) is 14.8 Å². The van der Waals surface area contributed by atoms with Gasteiger partial charge in [0.2, 0.25) is 0 Å². The molecule has 7 heteroatoms. The minimum atomic E-state index is -0.363. The quantitative estimate of drug-likeness (QED) is 0.532. The van der Waals surface area contributed by atoms with Gasteiger partial charge in [0, 0.05) is 43.7 Å². The Balaban J connectivity index is 2.05. The van der Waals surface area contributed by atoms with Crippen LogP contribution in [0.25, 0.3) is 0 Å². The van der Waals surface area contributed by atoms with E-state index in [0.717, 1.165) is 30.9 Å². The molecule has 0 spiro atoms. The second-order valence-electron chi connectivity index (χ2n) is 5.41. The van der Waals surface area contributed by atoms with Gasteiger partial charge in [0.1, 0.15) is 0 Å². The van der Waals surface area contributed by atoms with Crippen molar-refractivity contribution >= 4 is 23.0 Å². The number of nitrogens with one attached hydrogen (secondary N) is 1. The van der Waals surface area contributed by atoms with E-state index in [9.17, 15) is 10.1 Å². The van der Waals surface area contributed by atoms with Gasteiger partial charge in [0.15, 0.2) is 5.11 Å². The Morgan fingerprint density at radius 2 is 2.22 bits per heavy atom. The summed E-state index contributed by atoms with van der Waals surface area (Å²) in [4.78, 5) is 12.8. The zero-order chi connectivity index (χ0) is 16.4. The first kappa shape index (κ1) is 15.5. The molecular formula is C16H18N4O2S. The minimum Gasteiger partial charge on any atom is -0.363 e. The number of aromatic nitrogens is 1. The number of rotatable bonds is 3. The van der Waals surface area contributed by atoms with Gasteiger partial charge in [-0.3, -0.25) is 10.1 Å². The van der Waals surface area contributed by atoms with E-state index in [1.165, 1.54) is 6.07 Å². The van der Waals surface area contributed by atoms with Crippen LogP contribution >= 0.6 is 12.2 Å². The Morgan fingerprint density at radius 1 is 1.39 bits per heavy atom. The molecule has 1 N–H and O–H groups in total. The average Bonchev–Trinajstić information content (AvgIpc) is 3.02. The largest absolute Gasteiger partial charge is 0.363 e. The zero-order valence-corrected chi connectivity index (χ0v) is 13.6. The minimum absolute atomic E-state index is 0.0977. The molecule has 2 heterocycles. The summed E-state index contributed by atoms with van der Waals surface area (Å²) in [6.07, 6.45) is 2.04. The number of benzene rings is 1. The summed E-state index contributed by atoms with van der Waals surface area (Å²) >= 11 is 5.51. The Labute approximate surface area is 139 Å². The lowest BCUT2D eigenvalue weighted by atomic mass is 10.00. The molecule has 23 heavy (non-hydrogen) atoms. The Hall–Kier alpha value is -2.41. The van der Waals surface area contributed by atoms with Crippen LogP contribution in [0.15, 0.2) is 42.6 Å². The molecule has 120 valence electrons. The highest BCUT2D eigenvalue weighted by atomic mass is 32.1. The lowest BCUT2D eigenvalue weighted by molar-refractivity contribution is -0.384. The summed E-state index contributed by atoms with van der Waals surface area (Å²) in [6, 6.07) is 10.7. The first-order chi connectivity index (χ1) is 11.1. The summed E-state index contributed by atoms with van der Waals surface area (Å²) in [5, 5.41) is 15.0. The van der Waals surface area contributed by atoms with Crippen LogP contribution in [0, 0.1) is 10.1 Å². The molecule has 3 rings (SSSR count). The topological polar surface area (TPSA) is 63.3 Å². The van der Waals surface area contributed by atoms with Crippen molar-refractivity contribution in [1.29, 1.82) is 0 Å². The van der Waals surface area contributed by atoms with Crippen LogP contribution in [0.2, 0.25) is 0 Å². The summed E-state index contributed by atoms with van der Waals surface area (Å²) in [5.41, 5.74) is 2.07. The third kappa shape index (κ3) is 2.92. The van der Waals surface area contributed by atoms with Gasteiger partial charge >= 0.3 is 0 Å². The third-order valence-electron chi connectivity index (χ3n) is 4.02. The Bertz CT molecular complexity index is 743. The number of fused-ring (bicyclic) bond motifs is 1. The molecule has 0 aliphatic carbocycles. The van der Waals surface area contributed by atoms with Gasteiger partial charge in [-0.05, 0) is 36.8 Å². The molecule has 1 aliphatic heterocycles. The molecular weight excluding hydrogens is 312 g/mol. The van der Waals surface area contributed by atoms with Gasteiger partial charge in [0.05, 0.1) is 11.0 Å². The molecule has 0 saturated carbocycles. The maximum absolute atomic E-state index is 11.1. The molecule has 6 nitrogen and oxygen atoms in total. The monoisotopic (exact) mass is 330 g/mol. The van der Waals surface area contributed by atoms with Crippen molar-refractivity contribution in [3.63, 3.8) is 0 Å². The van der Waals surface area contributed by atoms with E-state index in [4.69, 9.17) is 12.2 Å². The molecule has 0 amide bonds. The fourth-order valence-corrected chi connectivity index (χ4v) is 3.36. The second kappa shape index (κ2) is 6.37. The number of thiocarbonyl (C=S) groups is 1. The Kier molecular flexibility index (Phi) is 4.29. The standard InChI is InChI=1S/C16H18N4O2S/c1-2-17-16(23)19-10-9-18-8-4-7-14(18)15(19)12-5-3-6-13(11-12)20(21)22/h3-8,11,15H,2,9-10H2,1H3,(H,17,23). The highest BCUT2D eigenvalue weighted by Gasteiger charge is 2.31. The lowest BCUT2D eigenvalue weighted by Crippen LogP contribution is -2.47. The number of nitro groups is 1. The van der Waals surface area contributed by atoms with Gasteiger partial charge in [-0.2, -0.15) is 0 Å². The number of hydrogen-bond acceptors (Lipinski definition) is 3. The van der Waals surface area contributed by atoms with Gasteiger partial charge in [-0.25, -0.2) is 0 Å². The van der Waals surface area contributed by atoms with Crippen molar-refractivity contribution in [2.24, 2.45) is 0 Å². The van der Waals surface area contributed by atoms with Crippen LogP contribution in [-0.2, 0) is 6.54 Å². The summed E-state index contributed by atoms with van der Waals surface area (Å²) < 4.78 is 2.18. The van der Waals surface area contributed by atoms with Crippen molar-refractivity contribution < 1.29 is 4.92 Å².